The van der Waals surface area contributed by atoms with Gasteiger partial charge in [0.25, 0.3) is 0 Å². The normalized spacial score (nSPS) is 19.8. The Kier molecular flexibility index (Phi) is 5.48. The van der Waals surface area contributed by atoms with Gasteiger partial charge in [-0.05, 0) is 67.9 Å². The van der Waals surface area contributed by atoms with Crippen LogP contribution < -0.4 is 4.74 Å². The molecule has 30 heavy (non-hydrogen) atoms. The number of aromatic nitrogens is 2. The monoisotopic (exact) mass is 423 g/mol. The van der Waals surface area contributed by atoms with E-state index in [2.05, 4.69) is 37.8 Å². The van der Waals surface area contributed by atoms with Crippen LogP contribution in [0.1, 0.15) is 40.7 Å². The lowest BCUT2D eigenvalue weighted by Crippen LogP contribution is -2.36. The van der Waals surface area contributed by atoms with Crippen LogP contribution in [0.25, 0.3) is 10.2 Å². The SMILES string of the molecule is Cc1ccc(Oc2nc(CN3CCOCC3)nc3sc4c(c23)CC[C@@H](C)C4)cc1C. The van der Waals surface area contributed by atoms with Gasteiger partial charge in [-0.1, -0.05) is 13.0 Å². The first kappa shape index (κ1) is 19.9. The molecule has 0 amide bonds. The van der Waals surface area contributed by atoms with Gasteiger partial charge in [0.2, 0.25) is 5.88 Å². The van der Waals surface area contributed by atoms with Crippen LogP contribution in [0, 0.1) is 19.8 Å². The number of benzene rings is 1. The van der Waals surface area contributed by atoms with Crippen molar-refractivity contribution >= 4 is 21.6 Å². The summed E-state index contributed by atoms with van der Waals surface area (Å²) in [6, 6.07) is 6.26. The largest absolute Gasteiger partial charge is 0.438 e. The highest BCUT2D eigenvalue weighted by atomic mass is 32.1. The van der Waals surface area contributed by atoms with E-state index in [1.165, 1.54) is 28.0 Å². The lowest BCUT2D eigenvalue weighted by Gasteiger charge is -2.25. The van der Waals surface area contributed by atoms with Crippen molar-refractivity contribution in [1.29, 1.82) is 0 Å². The predicted octanol–water partition coefficient (Wildman–Crippen LogP) is 5.06. The van der Waals surface area contributed by atoms with Crippen molar-refractivity contribution in [2.24, 2.45) is 5.92 Å². The molecule has 0 saturated carbocycles. The standard InChI is InChI=1S/C24H29N3O2S/c1-15-4-7-19-20(12-15)30-24-22(19)23(29-18-6-5-16(2)17(3)13-18)25-21(26-24)14-27-8-10-28-11-9-27/h5-6,13,15H,4,7-12,14H2,1-3H3/t15-/m1/s1. The van der Waals surface area contributed by atoms with Gasteiger partial charge in [0.05, 0.1) is 25.1 Å². The Labute approximate surface area is 182 Å². The second-order valence-corrected chi connectivity index (χ2v) is 9.80. The fourth-order valence-electron chi connectivity index (χ4n) is 4.34. The number of aryl methyl sites for hydroxylation is 3. The second kappa shape index (κ2) is 8.25. The number of fused-ring (bicyclic) bond motifs is 3. The number of morpholine rings is 1. The van der Waals surface area contributed by atoms with Crippen molar-refractivity contribution in [3.8, 4) is 11.6 Å². The van der Waals surface area contributed by atoms with Crippen molar-refractivity contribution in [1.82, 2.24) is 14.9 Å². The molecular formula is C24H29N3O2S. The van der Waals surface area contributed by atoms with Gasteiger partial charge in [-0.25, -0.2) is 4.98 Å². The molecule has 0 radical (unpaired) electrons. The first-order chi connectivity index (χ1) is 14.6. The zero-order valence-electron chi connectivity index (χ0n) is 18.0. The molecule has 0 N–H and O–H groups in total. The molecule has 1 aromatic carbocycles. The van der Waals surface area contributed by atoms with Gasteiger partial charge in [0.15, 0.2) is 0 Å². The van der Waals surface area contributed by atoms with Crippen LogP contribution in [-0.4, -0.2) is 41.2 Å². The molecule has 2 aromatic heterocycles. The van der Waals surface area contributed by atoms with E-state index < -0.39 is 0 Å². The molecule has 0 bridgehead atoms. The van der Waals surface area contributed by atoms with Crippen LogP contribution in [0.3, 0.4) is 0 Å². The summed E-state index contributed by atoms with van der Waals surface area (Å²) >= 11 is 1.84. The highest BCUT2D eigenvalue weighted by Gasteiger charge is 2.25. The first-order valence-electron chi connectivity index (χ1n) is 10.9. The van der Waals surface area contributed by atoms with E-state index in [1.807, 2.05) is 17.4 Å². The van der Waals surface area contributed by atoms with Crippen LogP contribution in [0.5, 0.6) is 11.6 Å². The third kappa shape index (κ3) is 3.96. The van der Waals surface area contributed by atoms with Gasteiger partial charge in [-0.3, -0.25) is 4.90 Å². The molecule has 0 spiro atoms. The van der Waals surface area contributed by atoms with E-state index >= 15 is 0 Å². The Hall–Kier alpha value is -2.02. The molecule has 6 heteroatoms. The zero-order valence-corrected chi connectivity index (χ0v) is 18.8. The summed E-state index contributed by atoms with van der Waals surface area (Å²) in [7, 11) is 0. The average molecular weight is 424 g/mol. The fourth-order valence-corrected chi connectivity index (χ4v) is 5.74. The molecule has 2 aliphatic rings. The first-order valence-corrected chi connectivity index (χ1v) is 11.7. The third-order valence-corrected chi connectivity index (χ3v) is 7.48. The molecule has 1 aliphatic heterocycles. The summed E-state index contributed by atoms with van der Waals surface area (Å²) in [5.41, 5.74) is 3.91. The number of nitrogens with zero attached hydrogens (tertiary/aromatic N) is 3. The van der Waals surface area contributed by atoms with E-state index in [9.17, 15) is 0 Å². The van der Waals surface area contributed by atoms with E-state index in [4.69, 9.17) is 19.4 Å². The summed E-state index contributed by atoms with van der Waals surface area (Å²) < 4.78 is 11.9. The zero-order chi connectivity index (χ0) is 20.7. The molecule has 1 fully saturated rings. The Bertz CT molecular complexity index is 1070. The Morgan fingerprint density at radius 2 is 2.00 bits per heavy atom. The highest BCUT2D eigenvalue weighted by Crippen LogP contribution is 2.42. The molecular weight excluding hydrogens is 394 g/mol. The minimum absolute atomic E-state index is 0.721. The average Bonchev–Trinajstić information content (AvgIpc) is 3.09. The van der Waals surface area contributed by atoms with Gasteiger partial charge < -0.3 is 9.47 Å². The van der Waals surface area contributed by atoms with Crippen molar-refractivity contribution in [3.63, 3.8) is 0 Å². The van der Waals surface area contributed by atoms with Crippen LogP contribution >= 0.6 is 11.3 Å². The summed E-state index contributed by atoms with van der Waals surface area (Å²) in [6.45, 7) is 10.7. The van der Waals surface area contributed by atoms with Crippen molar-refractivity contribution in [3.05, 3.63) is 45.6 Å². The molecule has 5 nitrogen and oxygen atoms in total. The molecule has 3 aromatic rings. The third-order valence-electron chi connectivity index (χ3n) is 6.33. The Balaban J connectivity index is 1.56. The van der Waals surface area contributed by atoms with Crippen molar-refractivity contribution < 1.29 is 9.47 Å². The van der Waals surface area contributed by atoms with Gasteiger partial charge in [0, 0.05) is 18.0 Å². The molecule has 1 saturated heterocycles. The number of ether oxygens (including phenoxy) is 2. The van der Waals surface area contributed by atoms with Crippen LogP contribution in [0.2, 0.25) is 0 Å². The van der Waals surface area contributed by atoms with Gasteiger partial charge in [-0.2, -0.15) is 4.98 Å². The lowest BCUT2D eigenvalue weighted by atomic mass is 9.89. The lowest BCUT2D eigenvalue weighted by molar-refractivity contribution is 0.0330. The molecule has 5 rings (SSSR count). The quantitative estimate of drug-likeness (QED) is 0.587. The summed E-state index contributed by atoms with van der Waals surface area (Å²) in [4.78, 5) is 14.8. The number of hydrogen-bond acceptors (Lipinski definition) is 6. The van der Waals surface area contributed by atoms with Gasteiger partial charge in [-0.15, -0.1) is 11.3 Å². The molecule has 1 atom stereocenters. The summed E-state index contributed by atoms with van der Waals surface area (Å²) in [5, 5.41) is 1.13. The predicted molar refractivity (Wildman–Crippen MR) is 121 cm³/mol. The number of thiophene rings is 1. The smallest absolute Gasteiger partial charge is 0.231 e. The van der Waals surface area contributed by atoms with E-state index in [0.717, 1.165) is 79.3 Å². The topological polar surface area (TPSA) is 47.5 Å². The minimum atomic E-state index is 0.721. The van der Waals surface area contributed by atoms with Crippen LogP contribution in [-0.2, 0) is 24.1 Å². The number of rotatable bonds is 4. The van der Waals surface area contributed by atoms with Crippen LogP contribution in [0.15, 0.2) is 18.2 Å². The van der Waals surface area contributed by atoms with Crippen molar-refractivity contribution in [2.75, 3.05) is 26.3 Å². The minimum Gasteiger partial charge on any atom is -0.438 e. The maximum absolute atomic E-state index is 6.42. The highest BCUT2D eigenvalue weighted by molar-refractivity contribution is 7.18. The summed E-state index contributed by atoms with van der Waals surface area (Å²) in [5.74, 6) is 3.14. The molecule has 1 aliphatic carbocycles. The Morgan fingerprint density at radius 1 is 1.17 bits per heavy atom. The van der Waals surface area contributed by atoms with E-state index in [-0.39, 0.29) is 0 Å². The van der Waals surface area contributed by atoms with Gasteiger partial charge >= 0.3 is 0 Å². The molecule has 3 heterocycles. The van der Waals surface area contributed by atoms with Gasteiger partial charge in [0.1, 0.15) is 16.4 Å². The van der Waals surface area contributed by atoms with Crippen LogP contribution in [0.4, 0.5) is 0 Å². The second-order valence-electron chi connectivity index (χ2n) is 8.71. The fraction of sp³-hybridized carbons (Fsp3) is 0.500. The molecule has 158 valence electrons. The Morgan fingerprint density at radius 3 is 2.80 bits per heavy atom. The van der Waals surface area contributed by atoms with E-state index in [1.54, 1.807) is 0 Å². The maximum Gasteiger partial charge on any atom is 0.231 e. The molecule has 0 unspecified atom stereocenters. The van der Waals surface area contributed by atoms with E-state index in [0.29, 0.717) is 0 Å². The number of hydrogen-bond donors (Lipinski definition) is 0. The van der Waals surface area contributed by atoms with Crippen molar-refractivity contribution in [2.45, 2.75) is 46.6 Å². The maximum atomic E-state index is 6.42. The summed E-state index contributed by atoms with van der Waals surface area (Å²) in [6.07, 6.45) is 3.45.